The molecule has 29 heavy (non-hydrogen) atoms. The highest BCUT2D eigenvalue weighted by Crippen LogP contribution is 2.44. The van der Waals surface area contributed by atoms with Crippen molar-refractivity contribution in [2.75, 3.05) is 6.61 Å². The number of hydrogen-bond acceptors (Lipinski definition) is 3. The summed E-state index contributed by atoms with van der Waals surface area (Å²) in [6.07, 6.45) is -2.11. The molecule has 1 heterocycles. The predicted octanol–water partition coefficient (Wildman–Crippen LogP) is 3.98. The smallest absolute Gasteiger partial charge is 0.353 e. The van der Waals surface area contributed by atoms with Crippen molar-refractivity contribution in [3.05, 3.63) is 35.4 Å². The Labute approximate surface area is 168 Å². The van der Waals surface area contributed by atoms with Crippen molar-refractivity contribution in [2.24, 2.45) is 5.92 Å². The summed E-state index contributed by atoms with van der Waals surface area (Å²) in [7, 11) is 0. The molecule has 160 valence electrons. The third-order valence-corrected chi connectivity index (χ3v) is 5.73. The number of rotatable bonds is 3. The van der Waals surface area contributed by atoms with Crippen molar-refractivity contribution in [3.8, 4) is 0 Å². The van der Waals surface area contributed by atoms with Gasteiger partial charge in [-0.25, -0.2) is 0 Å². The largest absolute Gasteiger partial charge is 0.417 e. The SMILES string of the molecule is CC1CCC2(CC1)OCC(C(=O)NC(C)C)N2C(=O)c1ccccc1C(F)(F)F. The van der Waals surface area contributed by atoms with Gasteiger partial charge in [0.05, 0.1) is 17.7 Å². The molecule has 1 saturated carbocycles. The van der Waals surface area contributed by atoms with Crippen LogP contribution in [0.2, 0.25) is 0 Å². The molecule has 1 N–H and O–H groups in total. The van der Waals surface area contributed by atoms with Crippen LogP contribution < -0.4 is 5.32 Å². The zero-order chi connectivity index (χ0) is 21.4. The van der Waals surface area contributed by atoms with E-state index < -0.39 is 40.9 Å². The average Bonchev–Trinajstić information content (AvgIpc) is 3.01. The Hall–Kier alpha value is -2.09. The van der Waals surface area contributed by atoms with Gasteiger partial charge < -0.3 is 10.1 Å². The minimum atomic E-state index is -4.67. The molecule has 1 unspecified atom stereocenters. The number of halogens is 3. The second kappa shape index (κ2) is 7.97. The predicted molar refractivity (Wildman–Crippen MR) is 101 cm³/mol. The highest BCUT2D eigenvalue weighted by atomic mass is 19.4. The first-order chi connectivity index (χ1) is 13.5. The van der Waals surface area contributed by atoms with Gasteiger partial charge in [0.1, 0.15) is 11.8 Å². The molecule has 8 heteroatoms. The van der Waals surface area contributed by atoms with E-state index in [2.05, 4.69) is 12.2 Å². The third kappa shape index (κ3) is 4.27. The maximum absolute atomic E-state index is 13.5. The zero-order valence-corrected chi connectivity index (χ0v) is 16.9. The maximum Gasteiger partial charge on any atom is 0.417 e. The molecule has 1 aromatic rings. The molecule has 0 bridgehead atoms. The second-order valence-corrected chi connectivity index (χ2v) is 8.34. The van der Waals surface area contributed by atoms with E-state index in [-0.39, 0.29) is 12.6 Å². The van der Waals surface area contributed by atoms with Gasteiger partial charge in [-0.15, -0.1) is 0 Å². The first-order valence-electron chi connectivity index (χ1n) is 9.99. The van der Waals surface area contributed by atoms with E-state index in [9.17, 15) is 22.8 Å². The number of carbonyl (C=O) groups excluding carboxylic acids is 2. The summed E-state index contributed by atoms with van der Waals surface area (Å²) < 4.78 is 46.6. The Kier molecular flexibility index (Phi) is 5.94. The fraction of sp³-hybridized carbons (Fsp3) is 0.619. The van der Waals surface area contributed by atoms with E-state index in [0.29, 0.717) is 18.8 Å². The van der Waals surface area contributed by atoms with Gasteiger partial charge in [-0.05, 0) is 57.6 Å². The molecule has 2 aliphatic rings. The first kappa shape index (κ1) is 21.6. The Morgan fingerprint density at radius 1 is 1.21 bits per heavy atom. The molecule has 1 atom stereocenters. The standard InChI is InChI=1S/C21H27F3N2O3/c1-13(2)25-18(27)17-12-29-20(10-8-14(3)9-11-20)26(17)19(28)15-6-4-5-7-16(15)21(22,23)24/h4-7,13-14,17H,8-12H2,1-3H3,(H,25,27). The molecule has 1 aromatic carbocycles. The Morgan fingerprint density at radius 3 is 2.41 bits per heavy atom. The molecule has 1 aliphatic heterocycles. The minimum absolute atomic E-state index is 0.0210. The number of alkyl halides is 3. The molecule has 1 spiro atoms. The molecule has 1 aliphatic carbocycles. The van der Waals surface area contributed by atoms with Crippen LogP contribution in [-0.4, -0.2) is 41.1 Å². The molecular weight excluding hydrogens is 385 g/mol. The summed E-state index contributed by atoms with van der Waals surface area (Å²) in [5.41, 5.74) is -2.49. The summed E-state index contributed by atoms with van der Waals surface area (Å²) in [4.78, 5) is 27.5. The Bertz CT molecular complexity index is 771. The van der Waals surface area contributed by atoms with E-state index in [1.807, 2.05) is 0 Å². The fourth-order valence-corrected chi connectivity index (χ4v) is 4.21. The Morgan fingerprint density at radius 2 is 1.83 bits per heavy atom. The maximum atomic E-state index is 13.5. The number of nitrogens with one attached hydrogen (secondary N) is 1. The number of benzene rings is 1. The molecule has 5 nitrogen and oxygen atoms in total. The van der Waals surface area contributed by atoms with E-state index in [1.165, 1.54) is 23.1 Å². The average molecular weight is 412 g/mol. The monoisotopic (exact) mass is 412 g/mol. The van der Waals surface area contributed by atoms with Crippen LogP contribution in [0.1, 0.15) is 62.4 Å². The Balaban J connectivity index is 2.02. The zero-order valence-electron chi connectivity index (χ0n) is 16.9. The molecule has 0 radical (unpaired) electrons. The van der Waals surface area contributed by atoms with Crippen LogP contribution in [0.5, 0.6) is 0 Å². The van der Waals surface area contributed by atoms with E-state index >= 15 is 0 Å². The summed E-state index contributed by atoms with van der Waals surface area (Å²) in [5.74, 6) is -0.783. The lowest BCUT2D eigenvalue weighted by Crippen LogP contribution is -2.57. The lowest BCUT2D eigenvalue weighted by atomic mass is 9.83. The molecule has 1 saturated heterocycles. The van der Waals surface area contributed by atoms with Crippen molar-refractivity contribution in [2.45, 2.75) is 70.4 Å². The van der Waals surface area contributed by atoms with Crippen LogP contribution in [0.15, 0.2) is 24.3 Å². The second-order valence-electron chi connectivity index (χ2n) is 8.34. The summed E-state index contributed by atoms with van der Waals surface area (Å²) in [6, 6.07) is 3.59. The van der Waals surface area contributed by atoms with Gasteiger partial charge in [0.25, 0.3) is 5.91 Å². The highest BCUT2D eigenvalue weighted by Gasteiger charge is 2.54. The summed E-state index contributed by atoms with van der Waals surface area (Å²) in [6.45, 7) is 5.65. The molecular formula is C21H27F3N2O3. The molecule has 2 amide bonds. The van der Waals surface area contributed by atoms with Crippen molar-refractivity contribution >= 4 is 11.8 Å². The normalized spacial score (nSPS) is 27.5. The first-order valence-corrected chi connectivity index (χ1v) is 9.99. The number of hydrogen-bond donors (Lipinski definition) is 1. The van der Waals surface area contributed by atoms with Gasteiger partial charge in [-0.2, -0.15) is 13.2 Å². The third-order valence-electron chi connectivity index (χ3n) is 5.73. The minimum Gasteiger partial charge on any atom is -0.353 e. The van der Waals surface area contributed by atoms with E-state index in [0.717, 1.165) is 18.9 Å². The van der Waals surface area contributed by atoms with E-state index in [1.54, 1.807) is 13.8 Å². The lowest BCUT2D eigenvalue weighted by Gasteiger charge is -2.43. The topological polar surface area (TPSA) is 58.6 Å². The molecule has 3 rings (SSSR count). The quantitative estimate of drug-likeness (QED) is 0.817. The molecule has 2 fully saturated rings. The van der Waals surface area contributed by atoms with Crippen molar-refractivity contribution < 1.29 is 27.5 Å². The van der Waals surface area contributed by atoms with Crippen LogP contribution in [0.3, 0.4) is 0 Å². The number of nitrogens with zero attached hydrogens (tertiary/aromatic N) is 1. The molecule has 0 aromatic heterocycles. The van der Waals surface area contributed by atoms with Gasteiger partial charge in [0.2, 0.25) is 5.91 Å². The highest BCUT2D eigenvalue weighted by molar-refractivity contribution is 5.99. The van der Waals surface area contributed by atoms with Crippen LogP contribution >= 0.6 is 0 Å². The van der Waals surface area contributed by atoms with Crippen LogP contribution in [0.25, 0.3) is 0 Å². The van der Waals surface area contributed by atoms with Gasteiger partial charge in [0, 0.05) is 6.04 Å². The fourth-order valence-electron chi connectivity index (χ4n) is 4.21. The number of ether oxygens (including phenoxy) is 1. The number of carbonyl (C=O) groups is 2. The van der Waals surface area contributed by atoms with Crippen molar-refractivity contribution in [1.29, 1.82) is 0 Å². The van der Waals surface area contributed by atoms with Gasteiger partial charge in [-0.3, -0.25) is 14.5 Å². The van der Waals surface area contributed by atoms with Crippen LogP contribution in [-0.2, 0) is 15.7 Å². The number of amides is 2. The van der Waals surface area contributed by atoms with Crippen molar-refractivity contribution in [1.82, 2.24) is 10.2 Å². The van der Waals surface area contributed by atoms with Gasteiger partial charge >= 0.3 is 6.18 Å². The van der Waals surface area contributed by atoms with Crippen molar-refractivity contribution in [3.63, 3.8) is 0 Å². The summed E-state index contributed by atoms with van der Waals surface area (Å²) >= 11 is 0. The van der Waals surface area contributed by atoms with Gasteiger partial charge in [0.15, 0.2) is 0 Å². The summed E-state index contributed by atoms with van der Waals surface area (Å²) in [5, 5.41) is 2.76. The van der Waals surface area contributed by atoms with Crippen LogP contribution in [0, 0.1) is 5.92 Å². The van der Waals surface area contributed by atoms with Gasteiger partial charge in [-0.1, -0.05) is 19.1 Å². The van der Waals surface area contributed by atoms with Crippen LogP contribution in [0.4, 0.5) is 13.2 Å². The lowest BCUT2D eigenvalue weighted by molar-refractivity contribution is -0.138. The van der Waals surface area contributed by atoms with E-state index in [4.69, 9.17) is 4.74 Å².